The second kappa shape index (κ2) is 14.1. The molecule has 0 spiro atoms. The van der Waals surface area contributed by atoms with Crippen LogP contribution in [0.2, 0.25) is 0 Å². The first-order chi connectivity index (χ1) is 12.7. The minimum Gasteiger partial charge on any atom is -0.380 e. The maximum atomic E-state index is 5.33. The van der Waals surface area contributed by atoms with Crippen LogP contribution in [0.25, 0.3) is 0 Å². The van der Waals surface area contributed by atoms with Gasteiger partial charge in [0.05, 0.1) is 6.61 Å². The van der Waals surface area contributed by atoms with E-state index in [1.54, 1.807) is 7.05 Å². The molecule has 0 atom stereocenters. The number of nitrogens with one attached hydrogen (secondary N) is 2. The number of benzene rings is 1. The third-order valence-electron chi connectivity index (χ3n) is 4.77. The summed E-state index contributed by atoms with van der Waals surface area (Å²) >= 11 is 0. The first-order valence-corrected chi connectivity index (χ1v) is 9.80. The number of guanidine groups is 1. The highest BCUT2D eigenvalue weighted by Gasteiger charge is 2.15. The quantitative estimate of drug-likeness (QED) is 0.241. The summed E-state index contributed by atoms with van der Waals surface area (Å²) in [7, 11) is 1.79. The molecule has 1 aromatic carbocycles. The number of halogens is 1. The van der Waals surface area contributed by atoms with E-state index in [1.807, 2.05) is 6.92 Å². The van der Waals surface area contributed by atoms with Crippen molar-refractivity contribution in [2.24, 2.45) is 4.99 Å². The van der Waals surface area contributed by atoms with Gasteiger partial charge in [-0.15, -0.1) is 24.0 Å². The molecule has 0 aliphatic carbocycles. The van der Waals surface area contributed by atoms with Crippen LogP contribution >= 0.6 is 24.0 Å². The SMILES string of the molecule is CCOCCNC(=NC)NCc1ccc(CN2CCN(CC)CC2)cc1.I. The van der Waals surface area contributed by atoms with Crippen molar-refractivity contribution in [3.8, 4) is 0 Å². The maximum Gasteiger partial charge on any atom is 0.191 e. The summed E-state index contributed by atoms with van der Waals surface area (Å²) in [6.45, 7) is 14.1. The van der Waals surface area contributed by atoms with Gasteiger partial charge in [-0.3, -0.25) is 9.89 Å². The van der Waals surface area contributed by atoms with Crippen LogP contribution in [0.1, 0.15) is 25.0 Å². The second-order valence-corrected chi connectivity index (χ2v) is 6.58. The van der Waals surface area contributed by atoms with E-state index in [9.17, 15) is 0 Å². The molecule has 7 heteroatoms. The van der Waals surface area contributed by atoms with Crippen LogP contribution in [0.5, 0.6) is 0 Å². The molecule has 2 rings (SSSR count). The van der Waals surface area contributed by atoms with Gasteiger partial charge in [0.2, 0.25) is 0 Å². The zero-order valence-corrected chi connectivity index (χ0v) is 19.4. The summed E-state index contributed by atoms with van der Waals surface area (Å²) in [6.07, 6.45) is 0. The molecule has 0 bridgehead atoms. The Balaban J connectivity index is 0.00000364. The summed E-state index contributed by atoms with van der Waals surface area (Å²) in [5.41, 5.74) is 2.65. The number of hydrogen-bond donors (Lipinski definition) is 2. The molecule has 1 aliphatic rings. The Morgan fingerprint density at radius 3 is 2.22 bits per heavy atom. The van der Waals surface area contributed by atoms with Crippen molar-refractivity contribution in [3.05, 3.63) is 35.4 Å². The largest absolute Gasteiger partial charge is 0.380 e. The Morgan fingerprint density at radius 2 is 1.63 bits per heavy atom. The Labute approximate surface area is 181 Å². The van der Waals surface area contributed by atoms with Gasteiger partial charge < -0.3 is 20.3 Å². The normalized spacial score (nSPS) is 16.0. The Hall–Kier alpha value is -0.900. The number of rotatable bonds is 9. The van der Waals surface area contributed by atoms with Crippen molar-refractivity contribution in [1.29, 1.82) is 0 Å². The Kier molecular flexibility index (Phi) is 12.6. The van der Waals surface area contributed by atoms with E-state index in [0.29, 0.717) is 6.61 Å². The van der Waals surface area contributed by atoms with Gasteiger partial charge in [-0.2, -0.15) is 0 Å². The van der Waals surface area contributed by atoms with Crippen LogP contribution in [0.4, 0.5) is 0 Å². The van der Waals surface area contributed by atoms with Gasteiger partial charge >= 0.3 is 0 Å². The molecule has 1 aliphatic heterocycles. The van der Waals surface area contributed by atoms with Crippen LogP contribution in [0.3, 0.4) is 0 Å². The highest BCUT2D eigenvalue weighted by atomic mass is 127. The molecule has 1 saturated heterocycles. The molecule has 1 heterocycles. The molecular formula is C20H36IN5O. The van der Waals surface area contributed by atoms with E-state index >= 15 is 0 Å². The van der Waals surface area contributed by atoms with E-state index < -0.39 is 0 Å². The van der Waals surface area contributed by atoms with E-state index in [0.717, 1.165) is 32.2 Å². The van der Waals surface area contributed by atoms with Crippen molar-refractivity contribution in [3.63, 3.8) is 0 Å². The lowest BCUT2D eigenvalue weighted by Crippen LogP contribution is -2.45. The van der Waals surface area contributed by atoms with Gasteiger partial charge in [-0.1, -0.05) is 31.2 Å². The fourth-order valence-corrected chi connectivity index (χ4v) is 3.08. The number of nitrogens with zero attached hydrogens (tertiary/aromatic N) is 3. The molecule has 0 aromatic heterocycles. The molecule has 154 valence electrons. The second-order valence-electron chi connectivity index (χ2n) is 6.58. The van der Waals surface area contributed by atoms with Crippen LogP contribution in [-0.2, 0) is 17.8 Å². The monoisotopic (exact) mass is 489 g/mol. The van der Waals surface area contributed by atoms with Crippen molar-refractivity contribution < 1.29 is 4.74 Å². The summed E-state index contributed by atoms with van der Waals surface area (Å²) < 4.78 is 5.33. The predicted octanol–water partition coefficient (Wildman–Crippen LogP) is 2.14. The lowest BCUT2D eigenvalue weighted by atomic mass is 10.1. The fraction of sp³-hybridized carbons (Fsp3) is 0.650. The zero-order valence-electron chi connectivity index (χ0n) is 17.0. The Bertz CT molecular complexity index is 530. The van der Waals surface area contributed by atoms with E-state index in [4.69, 9.17) is 4.74 Å². The van der Waals surface area contributed by atoms with E-state index in [1.165, 1.54) is 43.9 Å². The summed E-state index contributed by atoms with van der Waals surface area (Å²) in [4.78, 5) is 9.30. The zero-order chi connectivity index (χ0) is 18.6. The summed E-state index contributed by atoms with van der Waals surface area (Å²) in [5.74, 6) is 0.808. The third kappa shape index (κ3) is 9.23. The summed E-state index contributed by atoms with van der Waals surface area (Å²) in [6, 6.07) is 8.90. The van der Waals surface area contributed by atoms with Gasteiger partial charge in [0.25, 0.3) is 0 Å². The topological polar surface area (TPSA) is 52.1 Å². The van der Waals surface area contributed by atoms with E-state index in [2.05, 4.69) is 56.6 Å². The lowest BCUT2D eigenvalue weighted by Gasteiger charge is -2.34. The van der Waals surface area contributed by atoms with Crippen LogP contribution < -0.4 is 10.6 Å². The molecule has 0 radical (unpaired) electrons. The molecule has 0 amide bonds. The molecule has 0 unspecified atom stereocenters. The average Bonchev–Trinajstić information content (AvgIpc) is 2.69. The first kappa shape index (κ1) is 24.1. The Morgan fingerprint density at radius 1 is 1.00 bits per heavy atom. The van der Waals surface area contributed by atoms with Crippen LogP contribution in [-0.4, -0.2) is 75.3 Å². The van der Waals surface area contributed by atoms with Gasteiger partial charge in [-0.25, -0.2) is 0 Å². The highest BCUT2D eigenvalue weighted by molar-refractivity contribution is 14.0. The molecular weight excluding hydrogens is 453 g/mol. The number of ether oxygens (including phenoxy) is 1. The molecule has 6 nitrogen and oxygen atoms in total. The van der Waals surface area contributed by atoms with Crippen molar-refractivity contribution in [1.82, 2.24) is 20.4 Å². The minimum absolute atomic E-state index is 0. The smallest absolute Gasteiger partial charge is 0.191 e. The van der Waals surface area contributed by atoms with Crippen molar-refractivity contribution in [2.45, 2.75) is 26.9 Å². The third-order valence-corrected chi connectivity index (χ3v) is 4.77. The number of aliphatic imine (C=N–C) groups is 1. The van der Waals surface area contributed by atoms with Crippen LogP contribution in [0.15, 0.2) is 29.3 Å². The lowest BCUT2D eigenvalue weighted by molar-refractivity contribution is 0.132. The van der Waals surface area contributed by atoms with Crippen LogP contribution in [0, 0.1) is 0 Å². The molecule has 1 fully saturated rings. The minimum atomic E-state index is 0. The first-order valence-electron chi connectivity index (χ1n) is 9.80. The summed E-state index contributed by atoms with van der Waals surface area (Å²) in [5, 5.41) is 6.59. The van der Waals surface area contributed by atoms with Crippen molar-refractivity contribution in [2.75, 3.05) is 59.5 Å². The molecule has 1 aromatic rings. The molecule has 0 saturated carbocycles. The fourth-order valence-electron chi connectivity index (χ4n) is 3.08. The maximum absolute atomic E-state index is 5.33. The number of hydrogen-bond acceptors (Lipinski definition) is 4. The van der Waals surface area contributed by atoms with Gasteiger partial charge in [0.1, 0.15) is 0 Å². The van der Waals surface area contributed by atoms with Gasteiger partial charge in [0, 0.05) is 59.5 Å². The molecule has 27 heavy (non-hydrogen) atoms. The number of piperazine rings is 1. The standard InChI is InChI=1S/C20H35N5O.HI/c1-4-24-11-13-25(14-12-24)17-19-8-6-18(7-9-19)16-23-20(21-3)22-10-15-26-5-2;/h6-9H,4-5,10-17H2,1-3H3,(H2,21,22,23);1H. The highest BCUT2D eigenvalue weighted by Crippen LogP contribution is 2.10. The number of likely N-dealkylation sites (N-methyl/N-ethyl adjacent to an activating group) is 1. The van der Waals surface area contributed by atoms with Crippen molar-refractivity contribution >= 4 is 29.9 Å². The van der Waals surface area contributed by atoms with E-state index in [-0.39, 0.29) is 24.0 Å². The van der Waals surface area contributed by atoms with Gasteiger partial charge in [0.15, 0.2) is 5.96 Å². The molecule has 2 N–H and O–H groups in total. The predicted molar refractivity (Wildman–Crippen MR) is 124 cm³/mol. The van der Waals surface area contributed by atoms with Gasteiger partial charge in [-0.05, 0) is 24.6 Å². The average molecular weight is 489 g/mol.